The van der Waals surface area contributed by atoms with Gasteiger partial charge >= 0.3 is 5.97 Å². The van der Waals surface area contributed by atoms with E-state index in [9.17, 15) is 19.5 Å². The maximum Gasteiger partial charge on any atom is 0.308 e. The highest BCUT2D eigenvalue weighted by molar-refractivity contribution is 5.80. The molecule has 7 nitrogen and oxygen atoms in total. The van der Waals surface area contributed by atoms with Crippen LogP contribution in [0, 0.1) is 5.92 Å². The van der Waals surface area contributed by atoms with Crippen molar-refractivity contribution >= 4 is 22.8 Å². The predicted molar refractivity (Wildman–Crippen MR) is 87.5 cm³/mol. The van der Waals surface area contributed by atoms with Gasteiger partial charge in [-0.25, -0.2) is 4.98 Å². The Hall–Kier alpha value is -2.70. The fourth-order valence-electron chi connectivity index (χ4n) is 3.11. The molecular formula is C17H19N3O4. The van der Waals surface area contributed by atoms with Crippen molar-refractivity contribution in [1.29, 1.82) is 0 Å². The van der Waals surface area contributed by atoms with E-state index in [-0.39, 0.29) is 30.6 Å². The number of carbonyl (C=O) groups is 2. The molecule has 0 radical (unpaired) electrons. The van der Waals surface area contributed by atoms with Gasteiger partial charge in [0.1, 0.15) is 6.54 Å². The highest BCUT2D eigenvalue weighted by Gasteiger charge is 2.32. The topological polar surface area (TPSA) is 92.5 Å². The first-order chi connectivity index (χ1) is 11.5. The molecule has 1 saturated heterocycles. The third-order valence-electron chi connectivity index (χ3n) is 4.59. The summed E-state index contributed by atoms with van der Waals surface area (Å²) in [6, 6.07) is 6.94. The van der Waals surface area contributed by atoms with Crippen molar-refractivity contribution < 1.29 is 14.7 Å². The number of aliphatic carboxylic acids is 1. The van der Waals surface area contributed by atoms with E-state index in [4.69, 9.17) is 0 Å². The molecule has 1 aliphatic heterocycles. The van der Waals surface area contributed by atoms with Gasteiger partial charge in [0, 0.05) is 12.6 Å². The lowest BCUT2D eigenvalue weighted by molar-refractivity contribution is -0.147. The molecule has 1 aromatic heterocycles. The number of nitrogens with zero attached hydrogens (tertiary/aromatic N) is 3. The molecule has 24 heavy (non-hydrogen) atoms. The number of benzene rings is 1. The Bertz CT molecular complexity index is 845. The third kappa shape index (κ3) is 3.02. The zero-order valence-corrected chi connectivity index (χ0v) is 13.4. The van der Waals surface area contributed by atoms with Gasteiger partial charge in [0.15, 0.2) is 0 Å². The largest absolute Gasteiger partial charge is 0.481 e. The molecule has 0 bridgehead atoms. The zero-order valence-electron chi connectivity index (χ0n) is 13.4. The van der Waals surface area contributed by atoms with Crippen LogP contribution in [0.3, 0.4) is 0 Å². The molecule has 1 fully saturated rings. The first kappa shape index (κ1) is 16.2. The van der Waals surface area contributed by atoms with E-state index in [0.29, 0.717) is 23.7 Å². The minimum Gasteiger partial charge on any atom is -0.481 e. The first-order valence-electron chi connectivity index (χ1n) is 7.94. The molecule has 1 amide bonds. The van der Waals surface area contributed by atoms with Gasteiger partial charge in [-0.05, 0) is 31.9 Å². The normalized spacial score (nSPS) is 21.0. The van der Waals surface area contributed by atoms with E-state index in [1.807, 2.05) is 6.92 Å². The number of hydrogen-bond donors (Lipinski definition) is 1. The Kier molecular flexibility index (Phi) is 4.33. The number of fused-ring (bicyclic) bond motifs is 1. The lowest BCUT2D eigenvalue weighted by Gasteiger charge is -2.36. The van der Waals surface area contributed by atoms with Crippen LogP contribution in [-0.4, -0.2) is 44.0 Å². The predicted octanol–water partition coefficient (Wildman–Crippen LogP) is 1.11. The third-order valence-corrected chi connectivity index (χ3v) is 4.59. The highest BCUT2D eigenvalue weighted by Crippen LogP contribution is 2.22. The van der Waals surface area contributed by atoms with E-state index in [0.717, 1.165) is 0 Å². The van der Waals surface area contributed by atoms with Crippen LogP contribution in [0.25, 0.3) is 10.9 Å². The van der Waals surface area contributed by atoms with Crippen molar-refractivity contribution in [2.45, 2.75) is 32.4 Å². The average Bonchev–Trinajstić information content (AvgIpc) is 2.57. The Morgan fingerprint density at radius 2 is 2.04 bits per heavy atom. The van der Waals surface area contributed by atoms with E-state index >= 15 is 0 Å². The van der Waals surface area contributed by atoms with Crippen molar-refractivity contribution in [3.8, 4) is 0 Å². The maximum absolute atomic E-state index is 12.6. The van der Waals surface area contributed by atoms with Gasteiger partial charge in [0.05, 0.1) is 23.1 Å². The molecule has 1 aromatic carbocycles. The molecule has 0 saturated carbocycles. The van der Waals surface area contributed by atoms with E-state index in [2.05, 4.69) is 4.98 Å². The molecule has 2 aromatic rings. The summed E-state index contributed by atoms with van der Waals surface area (Å²) in [4.78, 5) is 42.0. The van der Waals surface area contributed by atoms with Gasteiger partial charge in [0.25, 0.3) is 5.56 Å². The lowest BCUT2D eigenvalue weighted by atomic mass is 9.93. The lowest BCUT2D eigenvalue weighted by Crippen LogP contribution is -2.49. The molecule has 2 heterocycles. The molecule has 1 aliphatic rings. The van der Waals surface area contributed by atoms with Crippen molar-refractivity contribution in [3.63, 3.8) is 0 Å². The van der Waals surface area contributed by atoms with E-state index in [1.165, 1.54) is 10.9 Å². The van der Waals surface area contributed by atoms with Crippen LogP contribution < -0.4 is 5.56 Å². The zero-order chi connectivity index (χ0) is 17.3. The molecule has 126 valence electrons. The molecular weight excluding hydrogens is 310 g/mol. The fraction of sp³-hybridized carbons (Fsp3) is 0.412. The Morgan fingerprint density at radius 3 is 2.79 bits per heavy atom. The number of hydrogen-bond acceptors (Lipinski definition) is 4. The van der Waals surface area contributed by atoms with Gasteiger partial charge in [0.2, 0.25) is 5.91 Å². The average molecular weight is 329 g/mol. The Morgan fingerprint density at radius 1 is 1.29 bits per heavy atom. The fourth-order valence-corrected chi connectivity index (χ4v) is 3.11. The summed E-state index contributed by atoms with van der Waals surface area (Å²) in [5, 5.41) is 9.63. The van der Waals surface area contributed by atoms with E-state index in [1.54, 1.807) is 29.2 Å². The number of carboxylic acids is 1. The van der Waals surface area contributed by atoms with Gasteiger partial charge in [-0.1, -0.05) is 12.1 Å². The number of aromatic nitrogens is 2. The number of carboxylic acid groups (broad SMARTS) is 1. The first-order valence-corrected chi connectivity index (χ1v) is 7.94. The number of piperidine rings is 1. The van der Waals surface area contributed by atoms with Crippen molar-refractivity contribution in [2.24, 2.45) is 5.92 Å². The SMILES string of the molecule is CC1CCC(C(=O)O)CN1C(=O)Cn1cnc2ccccc2c1=O. The molecule has 7 heteroatoms. The van der Waals surface area contributed by atoms with Crippen LogP contribution >= 0.6 is 0 Å². The molecule has 2 atom stereocenters. The van der Waals surface area contributed by atoms with Gasteiger partial charge in [-0.3, -0.25) is 19.0 Å². The Balaban J connectivity index is 1.83. The monoisotopic (exact) mass is 329 g/mol. The van der Waals surface area contributed by atoms with Gasteiger partial charge in [-0.2, -0.15) is 0 Å². The molecule has 0 spiro atoms. The summed E-state index contributed by atoms with van der Waals surface area (Å²) in [6.45, 7) is 1.95. The second-order valence-electron chi connectivity index (χ2n) is 6.20. The second kappa shape index (κ2) is 6.43. The standard InChI is InChI=1S/C17H19N3O4/c1-11-6-7-12(17(23)24)8-20(11)15(21)9-19-10-18-14-5-3-2-4-13(14)16(19)22/h2-5,10-12H,6-9H2,1H3,(H,23,24). The number of rotatable bonds is 3. The number of likely N-dealkylation sites (tertiary alicyclic amines) is 1. The van der Waals surface area contributed by atoms with Gasteiger partial charge in [-0.15, -0.1) is 0 Å². The summed E-state index contributed by atoms with van der Waals surface area (Å²) in [5.74, 6) is -1.69. The van der Waals surface area contributed by atoms with Gasteiger partial charge < -0.3 is 10.0 Å². The number of para-hydroxylation sites is 1. The second-order valence-corrected chi connectivity index (χ2v) is 6.20. The van der Waals surface area contributed by atoms with Crippen molar-refractivity contribution in [2.75, 3.05) is 6.54 Å². The van der Waals surface area contributed by atoms with Crippen LogP contribution in [0.5, 0.6) is 0 Å². The summed E-state index contributed by atoms with van der Waals surface area (Å²) in [7, 11) is 0. The van der Waals surface area contributed by atoms with Crippen molar-refractivity contribution in [1.82, 2.24) is 14.5 Å². The molecule has 1 N–H and O–H groups in total. The van der Waals surface area contributed by atoms with Crippen molar-refractivity contribution in [3.05, 3.63) is 40.9 Å². The van der Waals surface area contributed by atoms with Crippen LogP contribution in [-0.2, 0) is 16.1 Å². The minimum atomic E-state index is -0.885. The molecule has 0 aliphatic carbocycles. The molecule has 3 rings (SSSR count). The van der Waals surface area contributed by atoms with Crippen LogP contribution in [0.15, 0.2) is 35.4 Å². The summed E-state index contributed by atoms with van der Waals surface area (Å²) in [6.07, 6.45) is 2.58. The minimum absolute atomic E-state index is 0.0304. The Labute approximate surface area is 138 Å². The quantitative estimate of drug-likeness (QED) is 0.910. The summed E-state index contributed by atoms with van der Waals surface area (Å²) >= 11 is 0. The van der Waals surface area contributed by atoms with Crippen LogP contribution in [0.1, 0.15) is 19.8 Å². The van der Waals surface area contributed by atoms with Crippen LogP contribution in [0.4, 0.5) is 0 Å². The summed E-state index contributed by atoms with van der Waals surface area (Å²) in [5.41, 5.74) is 0.317. The van der Waals surface area contributed by atoms with Crippen LogP contribution in [0.2, 0.25) is 0 Å². The van der Waals surface area contributed by atoms with E-state index < -0.39 is 11.9 Å². The smallest absolute Gasteiger partial charge is 0.308 e. The summed E-state index contributed by atoms with van der Waals surface area (Å²) < 4.78 is 1.28. The number of amides is 1. The number of carbonyl (C=O) groups excluding carboxylic acids is 1. The molecule has 2 unspecified atom stereocenters. The highest BCUT2D eigenvalue weighted by atomic mass is 16.4. The maximum atomic E-state index is 12.6.